The standard InChI is InChI=1S/C18H18FN5OS/c1-23(2)26-22-17-10-13(3-5-15(17)19)25-12-4-6-16-14(9-12)18-20-7-8-24(18)11-21-16/h3-6,9-11,22H,7-8H2,1-2H3. The molecule has 0 unspecified atom stereocenters. The van der Waals surface area contributed by atoms with Crippen LogP contribution in [0, 0.1) is 5.82 Å². The number of hydrogen-bond acceptors (Lipinski definition) is 7. The van der Waals surface area contributed by atoms with Crippen molar-refractivity contribution in [3.63, 3.8) is 0 Å². The van der Waals surface area contributed by atoms with Crippen molar-refractivity contribution in [1.82, 2.24) is 9.21 Å². The first-order chi connectivity index (χ1) is 12.6. The van der Waals surface area contributed by atoms with Crippen LogP contribution in [0.2, 0.25) is 0 Å². The Bertz CT molecular complexity index is 899. The van der Waals surface area contributed by atoms with Crippen molar-refractivity contribution in [2.75, 3.05) is 31.9 Å². The lowest BCUT2D eigenvalue weighted by Gasteiger charge is -2.21. The van der Waals surface area contributed by atoms with E-state index in [2.05, 4.69) is 14.7 Å². The molecular weight excluding hydrogens is 353 g/mol. The Hall–Kier alpha value is -2.58. The van der Waals surface area contributed by atoms with E-state index in [1.165, 1.54) is 18.2 Å². The molecular formula is C18H18FN5OS. The Morgan fingerprint density at radius 3 is 2.85 bits per heavy atom. The number of amidine groups is 1. The van der Waals surface area contributed by atoms with Gasteiger partial charge in [0.1, 0.15) is 23.2 Å². The monoisotopic (exact) mass is 371 g/mol. The fourth-order valence-electron chi connectivity index (χ4n) is 2.74. The van der Waals surface area contributed by atoms with Crippen molar-refractivity contribution < 1.29 is 9.13 Å². The van der Waals surface area contributed by atoms with Gasteiger partial charge in [-0.3, -0.25) is 4.99 Å². The van der Waals surface area contributed by atoms with Crippen LogP contribution in [-0.2, 0) is 0 Å². The smallest absolute Gasteiger partial charge is 0.147 e. The lowest BCUT2D eigenvalue weighted by atomic mass is 10.1. The average molecular weight is 371 g/mol. The minimum absolute atomic E-state index is 0.331. The molecule has 0 radical (unpaired) electrons. The summed E-state index contributed by atoms with van der Waals surface area (Å²) >= 11 is 1.29. The van der Waals surface area contributed by atoms with Gasteiger partial charge in [-0.2, -0.15) is 0 Å². The van der Waals surface area contributed by atoms with E-state index in [0.717, 1.165) is 30.2 Å². The first-order valence-corrected chi connectivity index (χ1v) is 8.95. The van der Waals surface area contributed by atoms with Gasteiger partial charge < -0.3 is 14.4 Å². The van der Waals surface area contributed by atoms with Gasteiger partial charge in [-0.05, 0) is 44.4 Å². The van der Waals surface area contributed by atoms with Crippen molar-refractivity contribution in [2.45, 2.75) is 0 Å². The molecule has 0 aromatic heterocycles. The van der Waals surface area contributed by atoms with E-state index in [0.29, 0.717) is 17.2 Å². The molecule has 0 bridgehead atoms. The van der Waals surface area contributed by atoms with Gasteiger partial charge in [-0.25, -0.2) is 13.7 Å². The van der Waals surface area contributed by atoms with Crippen LogP contribution in [0.1, 0.15) is 5.56 Å². The molecule has 2 aliphatic heterocycles. The average Bonchev–Trinajstić information content (AvgIpc) is 3.11. The van der Waals surface area contributed by atoms with Gasteiger partial charge in [0.2, 0.25) is 0 Å². The zero-order chi connectivity index (χ0) is 18.1. The summed E-state index contributed by atoms with van der Waals surface area (Å²) in [4.78, 5) is 11.0. The van der Waals surface area contributed by atoms with Gasteiger partial charge in [0.25, 0.3) is 0 Å². The number of rotatable bonds is 5. The van der Waals surface area contributed by atoms with Gasteiger partial charge in [-0.1, -0.05) is 0 Å². The molecule has 0 atom stereocenters. The van der Waals surface area contributed by atoms with Crippen LogP contribution in [0.5, 0.6) is 11.5 Å². The van der Waals surface area contributed by atoms with Crippen molar-refractivity contribution in [3.8, 4) is 11.5 Å². The molecule has 0 saturated carbocycles. The quantitative estimate of drug-likeness (QED) is 0.808. The minimum Gasteiger partial charge on any atom is -0.457 e. The van der Waals surface area contributed by atoms with Crippen LogP contribution in [-0.4, -0.2) is 48.6 Å². The number of benzene rings is 2. The summed E-state index contributed by atoms with van der Waals surface area (Å²) in [5, 5.41) is 0. The van der Waals surface area contributed by atoms with E-state index in [9.17, 15) is 4.39 Å². The molecule has 0 amide bonds. The molecule has 4 rings (SSSR count). The van der Waals surface area contributed by atoms with Crippen LogP contribution in [0.25, 0.3) is 0 Å². The third kappa shape index (κ3) is 3.38. The van der Waals surface area contributed by atoms with Crippen molar-refractivity contribution in [2.24, 2.45) is 9.98 Å². The molecule has 0 saturated heterocycles. The Morgan fingerprint density at radius 2 is 2.00 bits per heavy atom. The number of fused-ring (bicyclic) bond motifs is 3. The third-order valence-electron chi connectivity index (χ3n) is 3.93. The van der Waals surface area contributed by atoms with Gasteiger partial charge in [-0.15, -0.1) is 0 Å². The molecule has 1 N–H and O–H groups in total. The van der Waals surface area contributed by atoms with Crippen LogP contribution >= 0.6 is 12.1 Å². The third-order valence-corrected chi connectivity index (χ3v) is 4.61. The van der Waals surface area contributed by atoms with Gasteiger partial charge in [0, 0.05) is 30.3 Å². The molecule has 2 heterocycles. The molecule has 0 fully saturated rings. The number of halogens is 1. The van der Waals surface area contributed by atoms with Crippen molar-refractivity contribution in [3.05, 3.63) is 47.8 Å². The summed E-state index contributed by atoms with van der Waals surface area (Å²) in [5.74, 6) is 1.80. The van der Waals surface area contributed by atoms with Crippen LogP contribution < -0.4 is 9.46 Å². The number of aliphatic imine (C=N–C) groups is 2. The zero-order valence-electron chi connectivity index (χ0n) is 14.4. The molecule has 2 aromatic rings. The van der Waals surface area contributed by atoms with E-state index in [1.807, 2.05) is 47.8 Å². The van der Waals surface area contributed by atoms with Crippen LogP contribution in [0.4, 0.5) is 15.8 Å². The Balaban J connectivity index is 1.58. The highest BCUT2D eigenvalue weighted by atomic mass is 32.2. The fourth-order valence-corrected chi connectivity index (χ4v) is 3.17. The molecule has 134 valence electrons. The highest BCUT2D eigenvalue weighted by Crippen LogP contribution is 2.33. The van der Waals surface area contributed by atoms with Crippen molar-refractivity contribution in [1.29, 1.82) is 0 Å². The normalized spacial score (nSPS) is 14.9. The fraction of sp³-hybridized carbons (Fsp3) is 0.222. The second-order valence-corrected chi connectivity index (χ2v) is 7.19. The number of hydrogen-bond donors (Lipinski definition) is 1. The Morgan fingerprint density at radius 1 is 1.19 bits per heavy atom. The summed E-state index contributed by atoms with van der Waals surface area (Å²) < 4.78 is 24.7. The Labute approximate surface area is 155 Å². The largest absolute Gasteiger partial charge is 0.457 e. The first kappa shape index (κ1) is 16.9. The minimum atomic E-state index is -0.331. The van der Waals surface area contributed by atoms with E-state index < -0.39 is 0 Å². The summed E-state index contributed by atoms with van der Waals surface area (Å²) in [5.41, 5.74) is 2.19. The van der Waals surface area contributed by atoms with Crippen molar-refractivity contribution >= 4 is 35.7 Å². The van der Waals surface area contributed by atoms with Crippen LogP contribution in [0.15, 0.2) is 46.4 Å². The lowest BCUT2D eigenvalue weighted by Crippen LogP contribution is -2.29. The van der Waals surface area contributed by atoms with E-state index in [-0.39, 0.29) is 5.82 Å². The number of nitrogens with zero attached hydrogens (tertiary/aromatic N) is 4. The number of anilines is 1. The lowest BCUT2D eigenvalue weighted by molar-refractivity contribution is 0.481. The molecule has 2 aliphatic rings. The highest BCUT2D eigenvalue weighted by Gasteiger charge is 2.23. The number of ether oxygens (including phenoxy) is 1. The molecule has 26 heavy (non-hydrogen) atoms. The molecule has 0 spiro atoms. The maximum absolute atomic E-state index is 13.9. The molecule has 0 aliphatic carbocycles. The van der Waals surface area contributed by atoms with Crippen LogP contribution in [0.3, 0.4) is 0 Å². The summed E-state index contributed by atoms with van der Waals surface area (Å²) in [6.45, 7) is 1.61. The summed E-state index contributed by atoms with van der Waals surface area (Å²) in [7, 11) is 3.75. The predicted octanol–water partition coefficient (Wildman–Crippen LogP) is 3.89. The second-order valence-electron chi connectivity index (χ2n) is 6.07. The first-order valence-electron chi connectivity index (χ1n) is 8.17. The molecule has 8 heteroatoms. The topological polar surface area (TPSA) is 52.5 Å². The molecule has 6 nitrogen and oxygen atoms in total. The number of nitrogens with one attached hydrogen (secondary N) is 1. The maximum atomic E-state index is 13.9. The summed E-state index contributed by atoms with van der Waals surface area (Å²) in [6.07, 6.45) is 1.81. The SMILES string of the molecule is CN(C)SNc1cc(Oc2ccc3c(c2)C2=NCCN2C=N3)ccc1F. The van der Waals surface area contributed by atoms with E-state index in [1.54, 1.807) is 12.1 Å². The maximum Gasteiger partial charge on any atom is 0.147 e. The molecule has 2 aromatic carbocycles. The predicted molar refractivity (Wildman–Crippen MR) is 104 cm³/mol. The Kier molecular flexibility index (Phi) is 4.52. The zero-order valence-corrected chi connectivity index (χ0v) is 15.3. The van der Waals surface area contributed by atoms with E-state index in [4.69, 9.17) is 4.74 Å². The van der Waals surface area contributed by atoms with Gasteiger partial charge in [0.05, 0.1) is 24.3 Å². The summed E-state index contributed by atoms with van der Waals surface area (Å²) in [6, 6.07) is 10.3. The second kappa shape index (κ2) is 6.97. The van der Waals surface area contributed by atoms with Gasteiger partial charge >= 0.3 is 0 Å². The van der Waals surface area contributed by atoms with Gasteiger partial charge in [0.15, 0.2) is 0 Å². The van der Waals surface area contributed by atoms with E-state index >= 15 is 0 Å². The highest BCUT2D eigenvalue weighted by molar-refractivity contribution is 7.98.